The van der Waals surface area contributed by atoms with E-state index < -0.39 is 5.76 Å². The SMILES string of the molecule is O=C(Nc1ccc(SC(F)F)cc1)c1sccc1-c1ccccc1. The van der Waals surface area contributed by atoms with Crippen LogP contribution in [0.1, 0.15) is 9.67 Å². The van der Waals surface area contributed by atoms with Crippen LogP contribution >= 0.6 is 23.1 Å². The van der Waals surface area contributed by atoms with E-state index in [-0.39, 0.29) is 5.91 Å². The van der Waals surface area contributed by atoms with E-state index in [2.05, 4.69) is 5.32 Å². The van der Waals surface area contributed by atoms with Crippen molar-refractivity contribution in [3.8, 4) is 11.1 Å². The Balaban J connectivity index is 1.75. The lowest BCUT2D eigenvalue weighted by atomic mass is 10.1. The molecule has 3 aromatic rings. The molecule has 2 aromatic carbocycles. The first-order chi connectivity index (χ1) is 11.6. The summed E-state index contributed by atoms with van der Waals surface area (Å²) in [7, 11) is 0. The number of alkyl halides is 2. The predicted molar refractivity (Wildman–Crippen MR) is 96.0 cm³/mol. The van der Waals surface area contributed by atoms with Gasteiger partial charge in [-0.15, -0.1) is 11.3 Å². The van der Waals surface area contributed by atoms with Crippen LogP contribution < -0.4 is 5.32 Å². The molecule has 0 atom stereocenters. The molecule has 122 valence electrons. The molecule has 0 aliphatic carbocycles. The van der Waals surface area contributed by atoms with Crippen molar-refractivity contribution < 1.29 is 13.6 Å². The minimum absolute atomic E-state index is 0.210. The molecule has 1 N–H and O–H groups in total. The number of amides is 1. The first-order valence-electron chi connectivity index (χ1n) is 7.12. The highest BCUT2D eigenvalue weighted by molar-refractivity contribution is 7.99. The average Bonchev–Trinajstić information content (AvgIpc) is 3.07. The summed E-state index contributed by atoms with van der Waals surface area (Å²) >= 11 is 1.85. The van der Waals surface area contributed by atoms with Gasteiger partial charge in [-0.3, -0.25) is 4.79 Å². The van der Waals surface area contributed by atoms with Gasteiger partial charge in [0.25, 0.3) is 11.7 Å². The molecule has 0 unspecified atom stereocenters. The van der Waals surface area contributed by atoms with Crippen molar-refractivity contribution in [2.24, 2.45) is 0 Å². The van der Waals surface area contributed by atoms with Crippen LogP contribution in [0.4, 0.5) is 14.5 Å². The van der Waals surface area contributed by atoms with Gasteiger partial charge in [0.05, 0.1) is 4.88 Å². The number of rotatable bonds is 5. The van der Waals surface area contributed by atoms with E-state index >= 15 is 0 Å². The molecular weight excluding hydrogens is 348 g/mol. The number of carbonyl (C=O) groups excluding carboxylic acids is 1. The van der Waals surface area contributed by atoms with E-state index in [4.69, 9.17) is 0 Å². The summed E-state index contributed by atoms with van der Waals surface area (Å²) < 4.78 is 24.6. The van der Waals surface area contributed by atoms with E-state index in [9.17, 15) is 13.6 Å². The van der Waals surface area contributed by atoms with Gasteiger partial charge < -0.3 is 5.32 Å². The number of nitrogens with one attached hydrogen (secondary N) is 1. The highest BCUT2D eigenvalue weighted by Gasteiger charge is 2.15. The van der Waals surface area contributed by atoms with Gasteiger partial charge in [-0.25, -0.2) is 0 Å². The third-order valence-electron chi connectivity index (χ3n) is 3.29. The fourth-order valence-corrected chi connectivity index (χ4v) is 3.55. The standard InChI is InChI=1S/C18H13F2NOS2/c19-18(20)24-14-8-6-13(7-9-14)21-17(22)16-15(10-11-23-16)12-4-2-1-3-5-12/h1-11,18H,(H,21,22). The van der Waals surface area contributed by atoms with E-state index in [1.54, 1.807) is 24.3 Å². The number of carbonyl (C=O) groups is 1. The highest BCUT2D eigenvalue weighted by Crippen LogP contribution is 2.30. The summed E-state index contributed by atoms with van der Waals surface area (Å²) in [6.07, 6.45) is 0. The second kappa shape index (κ2) is 7.59. The van der Waals surface area contributed by atoms with Crippen LogP contribution in [0, 0.1) is 0 Å². The summed E-state index contributed by atoms with van der Waals surface area (Å²) in [5, 5.41) is 4.68. The van der Waals surface area contributed by atoms with Crippen LogP contribution in [0.2, 0.25) is 0 Å². The Morgan fingerprint density at radius 2 is 1.71 bits per heavy atom. The third-order valence-corrected chi connectivity index (χ3v) is 4.93. The Labute approximate surface area is 146 Å². The van der Waals surface area contributed by atoms with Gasteiger partial charge in [-0.2, -0.15) is 8.78 Å². The smallest absolute Gasteiger partial charge is 0.288 e. The quantitative estimate of drug-likeness (QED) is 0.566. The summed E-state index contributed by atoms with van der Waals surface area (Å²) in [4.78, 5) is 13.6. The molecule has 0 aliphatic rings. The third kappa shape index (κ3) is 4.01. The molecule has 0 fully saturated rings. The summed E-state index contributed by atoms with van der Waals surface area (Å²) in [5.41, 5.74) is 2.43. The van der Waals surface area contributed by atoms with Crippen LogP contribution in [-0.4, -0.2) is 11.7 Å². The summed E-state index contributed by atoms with van der Waals surface area (Å²) in [6, 6.07) is 18.0. The summed E-state index contributed by atoms with van der Waals surface area (Å²) in [5.74, 6) is -2.66. The number of thiophene rings is 1. The molecule has 0 saturated carbocycles. The molecule has 0 aliphatic heterocycles. The molecule has 0 bridgehead atoms. The molecule has 0 radical (unpaired) electrons. The summed E-state index contributed by atoms with van der Waals surface area (Å²) in [6.45, 7) is 0. The van der Waals surface area contributed by atoms with Crippen LogP contribution in [0.5, 0.6) is 0 Å². The van der Waals surface area contributed by atoms with Gasteiger partial charge in [0, 0.05) is 16.1 Å². The molecule has 2 nitrogen and oxygen atoms in total. The maximum Gasteiger partial charge on any atom is 0.288 e. The number of anilines is 1. The van der Waals surface area contributed by atoms with Crippen molar-refractivity contribution in [1.82, 2.24) is 0 Å². The second-order valence-corrected chi connectivity index (χ2v) is 6.87. The Bertz CT molecular complexity index is 817. The van der Waals surface area contributed by atoms with E-state index in [1.165, 1.54) is 11.3 Å². The highest BCUT2D eigenvalue weighted by atomic mass is 32.2. The monoisotopic (exact) mass is 361 g/mol. The second-order valence-electron chi connectivity index (χ2n) is 4.89. The maximum atomic E-state index is 12.5. The largest absolute Gasteiger partial charge is 0.321 e. The molecule has 6 heteroatoms. The van der Waals surface area contributed by atoms with Crippen LogP contribution in [-0.2, 0) is 0 Å². The van der Waals surface area contributed by atoms with E-state index in [0.717, 1.165) is 11.1 Å². The van der Waals surface area contributed by atoms with E-state index in [1.807, 2.05) is 41.8 Å². The lowest BCUT2D eigenvalue weighted by molar-refractivity contribution is 0.103. The van der Waals surface area contributed by atoms with Crippen molar-refractivity contribution >= 4 is 34.7 Å². The number of hydrogen-bond donors (Lipinski definition) is 1. The van der Waals surface area contributed by atoms with Crippen molar-refractivity contribution in [2.45, 2.75) is 10.7 Å². The average molecular weight is 361 g/mol. The maximum absolute atomic E-state index is 12.5. The molecular formula is C18H13F2NOS2. The number of halogens is 2. The lowest BCUT2D eigenvalue weighted by Crippen LogP contribution is -2.11. The van der Waals surface area contributed by atoms with Crippen LogP contribution in [0.25, 0.3) is 11.1 Å². The number of thioether (sulfide) groups is 1. The fraction of sp³-hybridized carbons (Fsp3) is 0.0556. The zero-order chi connectivity index (χ0) is 16.9. The first kappa shape index (κ1) is 16.7. The number of hydrogen-bond acceptors (Lipinski definition) is 3. The molecule has 1 aromatic heterocycles. The van der Waals surface area contributed by atoms with Gasteiger partial charge >= 0.3 is 0 Å². The van der Waals surface area contributed by atoms with Gasteiger partial charge in [-0.05, 0) is 41.3 Å². The minimum atomic E-state index is -2.45. The van der Waals surface area contributed by atoms with Crippen LogP contribution in [0.15, 0.2) is 70.9 Å². The van der Waals surface area contributed by atoms with Gasteiger partial charge in [-0.1, -0.05) is 42.1 Å². The normalized spacial score (nSPS) is 10.8. The zero-order valence-electron chi connectivity index (χ0n) is 12.4. The molecule has 0 spiro atoms. The molecule has 3 rings (SSSR count). The number of benzene rings is 2. The Hall–Kier alpha value is -2.18. The van der Waals surface area contributed by atoms with Crippen molar-refractivity contribution in [2.75, 3.05) is 5.32 Å². The topological polar surface area (TPSA) is 29.1 Å². The Morgan fingerprint density at radius 1 is 1.00 bits per heavy atom. The predicted octanol–water partition coefficient (Wildman–Crippen LogP) is 5.98. The van der Waals surface area contributed by atoms with Crippen molar-refractivity contribution in [1.29, 1.82) is 0 Å². The van der Waals surface area contributed by atoms with Gasteiger partial charge in [0.1, 0.15) is 0 Å². The molecule has 1 amide bonds. The zero-order valence-corrected chi connectivity index (χ0v) is 14.0. The van der Waals surface area contributed by atoms with Crippen molar-refractivity contribution in [3.05, 3.63) is 70.9 Å². The van der Waals surface area contributed by atoms with Gasteiger partial charge in [0.15, 0.2) is 0 Å². The fourth-order valence-electron chi connectivity index (χ4n) is 2.24. The van der Waals surface area contributed by atoms with Crippen molar-refractivity contribution in [3.63, 3.8) is 0 Å². The van der Waals surface area contributed by atoms with E-state index in [0.29, 0.717) is 27.2 Å². The Kier molecular flexibility index (Phi) is 5.27. The van der Waals surface area contributed by atoms with Gasteiger partial charge in [0.2, 0.25) is 0 Å². The van der Waals surface area contributed by atoms with Crippen LogP contribution in [0.3, 0.4) is 0 Å². The molecule has 24 heavy (non-hydrogen) atoms. The molecule has 0 saturated heterocycles. The Morgan fingerprint density at radius 3 is 2.38 bits per heavy atom. The minimum Gasteiger partial charge on any atom is -0.321 e. The lowest BCUT2D eigenvalue weighted by Gasteiger charge is -2.07. The first-order valence-corrected chi connectivity index (χ1v) is 8.88. The molecule has 1 heterocycles.